The number of nitrogens with one attached hydrogen (secondary N) is 1. The maximum absolute atomic E-state index is 13.6. The van der Waals surface area contributed by atoms with E-state index in [0.29, 0.717) is 17.3 Å². The van der Waals surface area contributed by atoms with Crippen molar-refractivity contribution in [1.82, 2.24) is 4.90 Å². The van der Waals surface area contributed by atoms with Gasteiger partial charge in [-0.2, -0.15) is 0 Å². The monoisotopic (exact) mass is 392 g/mol. The van der Waals surface area contributed by atoms with Gasteiger partial charge in [0.2, 0.25) is 0 Å². The summed E-state index contributed by atoms with van der Waals surface area (Å²) in [5.74, 6) is 0.188. The molecule has 0 aromatic heterocycles. The Labute approximate surface area is 160 Å². The van der Waals surface area contributed by atoms with Gasteiger partial charge in [-0.15, -0.1) is 0 Å². The largest absolute Gasteiger partial charge is 0.496 e. The van der Waals surface area contributed by atoms with Crippen molar-refractivity contribution in [2.24, 2.45) is 0 Å². The maximum atomic E-state index is 13.6. The van der Waals surface area contributed by atoms with E-state index in [1.165, 1.54) is 12.1 Å². The fourth-order valence-electron chi connectivity index (χ4n) is 3.62. The molecule has 27 heavy (non-hydrogen) atoms. The van der Waals surface area contributed by atoms with Crippen molar-refractivity contribution in [1.29, 1.82) is 0 Å². The molecule has 0 amide bonds. The molecule has 5 nitrogen and oxygen atoms in total. The minimum atomic E-state index is -3.89. The molecule has 2 aromatic carbocycles. The van der Waals surface area contributed by atoms with Crippen LogP contribution < -0.4 is 9.46 Å². The highest BCUT2D eigenvalue weighted by molar-refractivity contribution is 7.92. The standard InChI is InChI=1S/C20H25FN2O3S/c1-13-5-6-14(21)11-20(13)27(24,25)22-18-9-10-19(26-4)17-12-15(23(2)3)7-8-16(17)18/h5-6,9-11,15,22H,7-8,12H2,1-4H3. The van der Waals surface area contributed by atoms with Gasteiger partial charge in [0, 0.05) is 11.6 Å². The van der Waals surface area contributed by atoms with E-state index in [1.54, 1.807) is 26.2 Å². The Kier molecular flexibility index (Phi) is 5.44. The van der Waals surface area contributed by atoms with Gasteiger partial charge in [0.05, 0.1) is 17.7 Å². The molecule has 7 heteroatoms. The smallest absolute Gasteiger partial charge is 0.262 e. The summed E-state index contributed by atoms with van der Waals surface area (Å²) in [6.45, 7) is 1.65. The molecule has 0 saturated carbocycles. The molecule has 0 aliphatic heterocycles. The molecular weight excluding hydrogens is 367 g/mol. The van der Waals surface area contributed by atoms with Gasteiger partial charge in [0.15, 0.2) is 0 Å². The SMILES string of the molecule is COc1ccc(NS(=O)(=O)c2cc(F)ccc2C)c2c1CC(N(C)C)CC2. The van der Waals surface area contributed by atoms with E-state index in [4.69, 9.17) is 4.74 Å². The second-order valence-corrected chi connectivity index (χ2v) is 8.80. The van der Waals surface area contributed by atoms with Crippen LogP contribution in [-0.2, 0) is 22.9 Å². The Morgan fingerprint density at radius 3 is 2.59 bits per heavy atom. The fraction of sp³-hybridized carbons (Fsp3) is 0.400. The highest BCUT2D eigenvalue weighted by Crippen LogP contribution is 2.36. The highest BCUT2D eigenvalue weighted by atomic mass is 32.2. The molecule has 0 saturated heterocycles. The normalized spacial score (nSPS) is 16.9. The lowest BCUT2D eigenvalue weighted by molar-refractivity contribution is 0.265. The summed E-state index contributed by atoms with van der Waals surface area (Å²) in [5, 5.41) is 0. The van der Waals surface area contributed by atoms with Crippen LogP contribution in [0.3, 0.4) is 0 Å². The van der Waals surface area contributed by atoms with Crippen LogP contribution in [0.5, 0.6) is 5.75 Å². The molecule has 3 rings (SSSR count). The first-order valence-electron chi connectivity index (χ1n) is 8.87. The summed E-state index contributed by atoms with van der Waals surface area (Å²) in [4.78, 5) is 2.13. The van der Waals surface area contributed by atoms with Gasteiger partial charge in [-0.3, -0.25) is 4.72 Å². The first kappa shape index (κ1) is 19.6. The highest BCUT2D eigenvalue weighted by Gasteiger charge is 2.27. The molecule has 0 bridgehead atoms. The predicted molar refractivity (Wildman–Crippen MR) is 104 cm³/mol. The molecule has 2 aromatic rings. The lowest BCUT2D eigenvalue weighted by Crippen LogP contribution is -2.34. The summed E-state index contributed by atoms with van der Waals surface area (Å²) >= 11 is 0. The van der Waals surface area contributed by atoms with E-state index >= 15 is 0 Å². The van der Waals surface area contributed by atoms with Gasteiger partial charge < -0.3 is 9.64 Å². The van der Waals surface area contributed by atoms with Crippen LogP contribution in [0.25, 0.3) is 0 Å². The number of anilines is 1. The van der Waals surface area contributed by atoms with Gasteiger partial charge >= 0.3 is 0 Å². The second-order valence-electron chi connectivity index (χ2n) is 7.15. The van der Waals surface area contributed by atoms with Crippen molar-refractivity contribution < 1.29 is 17.5 Å². The van der Waals surface area contributed by atoms with E-state index in [-0.39, 0.29) is 4.90 Å². The van der Waals surface area contributed by atoms with Crippen molar-refractivity contribution in [3.05, 3.63) is 52.8 Å². The molecule has 1 atom stereocenters. The lowest BCUT2D eigenvalue weighted by Gasteiger charge is -2.32. The van der Waals surface area contributed by atoms with Crippen LogP contribution in [-0.4, -0.2) is 40.6 Å². The van der Waals surface area contributed by atoms with Crippen LogP contribution in [0, 0.1) is 12.7 Å². The number of likely N-dealkylation sites (N-methyl/N-ethyl adjacent to an activating group) is 1. The molecule has 1 aliphatic rings. The number of hydrogen-bond acceptors (Lipinski definition) is 4. The molecule has 0 heterocycles. The first-order valence-corrected chi connectivity index (χ1v) is 10.4. The second kappa shape index (κ2) is 7.48. The summed E-state index contributed by atoms with van der Waals surface area (Å²) in [6, 6.07) is 7.66. The quantitative estimate of drug-likeness (QED) is 0.848. The number of nitrogens with zero attached hydrogens (tertiary/aromatic N) is 1. The number of rotatable bonds is 5. The Balaban J connectivity index is 2.01. The van der Waals surface area contributed by atoms with Crippen molar-refractivity contribution >= 4 is 15.7 Å². The number of benzene rings is 2. The van der Waals surface area contributed by atoms with Gasteiger partial charge in [-0.25, -0.2) is 12.8 Å². The third kappa shape index (κ3) is 3.94. The fourth-order valence-corrected chi connectivity index (χ4v) is 4.97. The Bertz CT molecular complexity index is 958. The molecular formula is C20H25FN2O3S. The minimum absolute atomic E-state index is 0.0472. The summed E-state index contributed by atoms with van der Waals surface area (Å²) in [6.07, 6.45) is 2.47. The number of ether oxygens (including phenoxy) is 1. The zero-order chi connectivity index (χ0) is 19.8. The number of sulfonamides is 1. The van der Waals surface area contributed by atoms with E-state index in [0.717, 1.165) is 42.2 Å². The molecule has 0 radical (unpaired) electrons. The summed E-state index contributed by atoms with van der Waals surface area (Å²) in [5.41, 5.74) is 3.01. The molecule has 146 valence electrons. The van der Waals surface area contributed by atoms with Crippen molar-refractivity contribution in [3.63, 3.8) is 0 Å². The number of hydrogen-bond donors (Lipinski definition) is 1. The van der Waals surface area contributed by atoms with Crippen LogP contribution in [0.1, 0.15) is 23.1 Å². The van der Waals surface area contributed by atoms with Gasteiger partial charge in [0.25, 0.3) is 10.0 Å². The van der Waals surface area contributed by atoms with Crippen molar-refractivity contribution in [2.45, 2.75) is 37.1 Å². The average Bonchev–Trinajstić information content (AvgIpc) is 2.63. The van der Waals surface area contributed by atoms with E-state index in [1.807, 2.05) is 14.1 Å². The third-order valence-electron chi connectivity index (χ3n) is 5.19. The van der Waals surface area contributed by atoms with Gasteiger partial charge in [-0.1, -0.05) is 6.07 Å². The van der Waals surface area contributed by atoms with Gasteiger partial charge in [0.1, 0.15) is 11.6 Å². The van der Waals surface area contributed by atoms with Crippen LogP contribution >= 0.6 is 0 Å². The molecule has 1 aliphatic carbocycles. The molecule has 1 unspecified atom stereocenters. The lowest BCUT2D eigenvalue weighted by atomic mass is 9.86. The Morgan fingerprint density at radius 1 is 1.19 bits per heavy atom. The summed E-state index contributed by atoms with van der Waals surface area (Å²) in [7, 11) is 1.82. The summed E-state index contributed by atoms with van der Waals surface area (Å²) < 4.78 is 47.5. The number of fused-ring (bicyclic) bond motifs is 1. The van der Waals surface area contributed by atoms with Crippen LogP contribution in [0.4, 0.5) is 10.1 Å². The third-order valence-corrected chi connectivity index (χ3v) is 6.70. The number of methoxy groups -OCH3 is 1. The zero-order valence-electron chi connectivity index (χ0n) is 16.0. The zero-order valence-corrected chi connectivity index (χ0v) is 16.9. The first-order chi connectivity index (χ1) is 12.7. The van der Waals surface area contributed by atoms with Crippen LogP contribution in [0.2, 0.25) is 0 Å². The van der Waals surface area contributed by atoms with Gasteiger partial charge in [-0.05, 0) is 75.7 Å². The molecule has 1 N–H and O–H groups in total. The van der Waals surface area contributed by atoms with E-state index in [9.17, 15) is 12.8 Å². The van der Waals surface area contributed by atoms with Crippen molar-refractivity contribution in [3.8, 4) is 5.75 Å². The van der Waals surface area contributed by atoms with E-state index in [2.05, 4.69) is 9.62 Å². The number of aryl methyl sites for hydroxylation is 1. The Morgan fingerprint density at radius 2 is 1.93 bits per heavy atom. The topological polar surface area (TPSA) is 58.6 Å². The maximum Gasteiger partial charge on any atom is 0.262 e. The minimum Gasteiger partial charge on any atom is -0.496 e. The van der Waals surface area contributed by atoms with Crippen LogP contribution in [0.15, 0.2) is 35.2 Å². The molecule has 0 fully saturated rings. The van der Waals surface area contributed by atoms with Crippen molar-refractivity contribution in [2.75, 3.05) is 25.9 Å². The average molecular weight is 392 g/mol. The number of halogens is 1. The van der Waals surface area contributed by atoms with E-state index < -0.39 is 15.8 Å². The molecule has 0 spiro atoms. The Hall–Kier alpha value is -2.12. The predicted octanol–water partition coefficient (Wildman–Crippen LogP) is 3.36.